The van der Waals surface area contributed by atoms with Crippen LogP contribution < -0.4 is 15.4 Å². The average Bonchev–Trinajstić information content (AvgIpc) is 2.90. The van der Waals surface area contributed by atoms with E-state index in [9.17, 15) is 19.5 Å². The number of hydrogen-bond acceptors (Lipinski definition) is 4. The molecule has 3 N–H and O–H groups in total. The van der Waals surface area contributed by atoms with Crippen molar-refractivity contribution in [2.24, 2.45) is 5.41 Å². The number of para-hydroxylation sites is 3. The maximum atomic E-state index is 12.6. The first kappa shape index (κ1) is 26.2. The van der Waals surface area contributed by atoms with Crippen LogP contribution in [-0.4, -0.2) is 22.9 Å². The number of rotatable bonds is 9. The highest BCUT2D eigenvalue weighted by molar-refractivity contribution is 6.01. The minimum absolute atomic E-state index is 0.0764. The first-order valence-electron chi connectivity index (χ1n) is 12.1. The molecular formula is C31H28N2O5. The number of urea groups is 1. The lowest BCUT2D eigenvalue weighted by molar-refractivity contribution is -0.146. The van der Waals surface area contributed by atoms with E-state index in [4.69, 9.17) is 4.74 Å². The van der Waals surface area contributed by atoms with Crippen LogP contribution in [0.15, 0.2) is 103 Å². The first-order valence-corrected chi connectivity index (χ1v) is 12.1. The van der Waals surface area contributed by atoms with Gasteiger partial charge in [0, 0.05) is 17.7 Å². The van der Waals surface area contributed by atoms with Crippen LogP contribution in [0.5, 0.6) is 11.5 Å². The Balaban J connectivity index is 1.37. The van der Waals surface area contributed by atoms with Crippen molar-refractivity contribution in [2.45, 2.75) is 20.3 Å². The summed E-state index contributed by atoms with van der Waals surface area (Å²) >= 11 is 0. The van der Waals surface area contributed by atoms with Gasteiger partial charge >= 0.3 is 12.0 Å². The monoisotopic (exact) mass is 508 g/mol. The van der Waals surface area contributed by atoms with Gasteiger partial charge in [-0.25, -0.2) is 4.79 Å². The molecule has 0 aliphatic carbocycles. The fourth-order valence-electron chi connectivity index (χ4n) is 3.73. The molecule has 0 aliphatic rings. The van der Waals surface area contributed by atoms with Crippen molar-refractivity contribution in [2.75, 3.05) is 10.6 Å². The summed E-state index contributed by atoms with van der Waals surface area (Å²) < 4.78 is 5.89. The van der Waals surface area contributed by atoms with E-state index in [0.29, 0.717) is 28.4 Å². The smallest absolute Gasteiger partial charge is 0.323 e. The van der Waals surface area contributed by atoms with Gasteiger partial charge in [0.25, 0.3) is 0 Å². The normalized spacial score (nSPS) is 10.9. The van der Waals surface area contributed by atoms with Crippen LogP contribution in [0.2, 0.25) is 0 Å². The number of carbonyl (C=O) groups excluding carboxylic acids is 2. The van der Waals surface area contributed by atoms with Crippen molar-refractivity contribution in [1.82, 2.24) is 0 Å². The number of aliphatic carboxylic acids is 1. The number of carbonyl (C=O) groups is 3. The lowest BCUT2D eigenvalue weighted by Crippen LogP contribution is -2.26. The molecule has 192 valence electrons. The van der Waals surface area contributed by atoms with Crippen LogP contribution in [-0.2, 0) is 4.79 Å². The van der Waals surface area contributed by atoms with Crippen molar-refractivity contribution in [3.63, 3.8) is 0 Å². The molecule has 0 saturated carbocycles. The molecule has 4 rings (SSSR count). The van der Waals surface area contributed by atoms with Gasteiger partial charge in [0.05, 0.1) is 11.1 Å². The predicted molar refractivity (Wildman–Crippen MR) is 148 cm³/mol. The average molecular weight is 509 g/mol. The van der Waals surface area contributed by atoms with Crippen molar-refractivity contribution < 1.29 is 24.2 Å². The van der Waals surface area contributed by atoms with Crippen molar-refractivity contribution >= 4 is 29.2 Å². The van der Waals surface area contributed by atoms with Gasteiger partial charge in [-0.15, -0.1) is 0 Å². The summed E-state index contributed by atoms with van der Waals surface area (Å²) in [4.78, 5) is 36.4. The Morgan fingerprint density at radius 2 is 1.32 bits per heavy atom. The highest BCUT2D eigenvalue weighted by atomic mass is 16.5. The van der Waals surface area contributed by atoms with Crippen LogP contribution in [0, 0.1) is 5.41 Å². The van der Waals surface area contributed by atoms with Crippen molar-refractivity contribution in [1.29, 1.82) is 0 Å². The quantitative estimate of drug-likeness (QED) is 0.203. The Bertz CT molecular complexity index is 1430. The molecular weight excluding hydrogens is 480 g/mol. The molecule has 0 radical (unpaired) electrons. The Hall–Kier alpha value is -4.91. The van der Waals surface area contributed by atoms with Gasteiger partial charge in [-0.1, -0.05) is 66.7 Å². The summed E-state index contributed by atoms with van der Waals surface area (Å²) in [5, 5.41) is 14.9. The summed E-state index contributed by atoms with van der Waals surface area (Å²) in [5.41, 5.74) is 2.28. The Kier molecular flexibility index (Phi) is 7.87. The van der Waals surface area contributed by atoms with Gasteiger partial charge in [0.2, 0.25) is 0 Å². The lowest BCUT2D eigenvalue weighted by atomic mass is 9.85. The summed E-state index contributed by atoms with van der Waals surface area (Å²) in [5.74, 6) is -0.0308. The van der Waals surface area contributed by atoms with Gasteiger partial charge in [0.1, 0.15) is 5.75 Å². The molecule has 0 unspecified atom stereocenters. The molecule has 0 aromatic heterocycles. The molecule has 0 heterocycles. The number of anilines is 2. The third kappa shape index (κ3) is 6.64. The van der Waals surface area contributed by atoms with Crippen LogP contribution >= 0.6 is 0 Å². The van der Waals surface area contributed by atoms with E-state index in [1.54, 1.807) is 36.4 Å². The van der Waals surface area contributed by atoms with Gasteiger partial charge in [-0.2, -0.15) is 0 Å². The fourth-order valence-corrected chi connectivity index (χ4v) is 3.73. The van der Waals surface area contributed by atoms with E-state index in [1.807, 2.05) is 66.7 Å². The zero-order valence-corrected chi connectivity index (χ0v) is 21.1. The third-order valence-electron chi connectivity index (χ3n) is 5.97. The molecule has 7 nitrogen and oxygen atoms in total. The number of hydrogen-bond donors (Lipinski definition) is 3. The lowest BCUT2D eigenvalue weighted by Gasteiger charge is -2.17. The zero-order chi connectivity index (χ0) is 27.1. The van der Waals surface area contributed by atoms with Gasteiger partial charge in [0.15, 0.2) is 11.5 Å². The number of carboxylic acids is 1. The van der Waals surface area contributed by atoms with Crippen molar-refractivity contribution in [3.05, 3.63) is 109 Å². The highest BCUT2D eigenvalue weighted by Gasteiger charge is 2.30. The second-order valence-electron chi connectivity index (χ2n) is 9.43. The molecule has 7 heteroatoms. The number of ether oxygens (including phenoxy) is 1. The van der Waals surface area contributed by atoms with Gasteiger partial charge in [-0.3, -0.25) is 9.59 Å². The molecule has 0 saturated heterocycles. The third-order valence-corrected chi connectivity index (χ3v) is 5.97. The summed E-state index contributed by atoms with van der Waals surface area (Å²) in [7, 11) is 0. The van der Waals surface area contributed by atoms with E-state index in [1.165, 1.54) is 13.8 Å². The minimum Gasteiger partial charge on any atom is -0.481 e. The van der Waals surface area contributed by atoms with Crippen LogP contribution in [0.1, 0.15) is 30.6 Å². The number of ketones is 1. The molecule has 0 spiro atoms. The summed E-state index contributed by atoms with van der Waals surface area (Å²) in [6, 6.07) is 30.4. The fraction of sp³-hybridized carbons (Fsp3) is 0.129. The summed E-state index contributed by atoms with van der Waals surface area (Å²) in [6.07, 6.45) is -0.0764. The van der Waals surface area contributed by atoms with Crippen LogP contribution in [0.25, 0.3) is 11.1 Å². The molecule has 38 heavy (non-hydrogen) atoms. The topological polar surface area (TPSA) is 105 Å². The number of carboxylic acid groups (broad SMARTS) is 1. The highest BCUT2D eigenvalue weighted by Crippen LogP contribution is 2.30. The molecule has 2 amide bonds. The molecule has 0 atom stereocenters. The molecule has 0 bridgehead atoms. The molecule has 4 aromatic rings. The predicted octanol–water partition coefficient (Wildman–Crippen LogP) is 7.47. The van der Waals surface area contributed by atoms with E-state index in [2.05, 4.69) is 10.6 Å². The van der Waals surface area contributed by atoms with E-state index >= 15 is 0 Å². The summed E-state index contributed by atoms with van der Waals surface area (Å²) in [6.45, 7) is 3.07. The van der Waals surface area contributed by atoms with E-state index < -0.39 is 17.4 Å². The van der Waals surface area contributed by atoms with E-state index in [0.717, 1.165) is 11.1 Å². The second kappa shape index (κ2) is 11.4. The number of Topliss-reactive ketones (excluding diaryl/α,β-unsaturated/α-hetero) is 1. The van der Waals surface area contributed by atoms with E-state index in [-0.39, 0.29) is 12.2 Å². The maximum absolute atomic E-state index is 12.6. The minimum atomic E-state index is -1.12. The number of amides is 2. The SMILES string of the molecule is CC(C)(CC(=O)c1ccc(-c2ccc(NC(=O)Nc3ccccc3Oc3ccccc3)cc2)cc1)C(=O)O. The number of nitrogens with one attached hydrogen (secondary N) is 2. The van der Waals surface area contributed by atoms with Crippen molar-refractivity contribution in [3.8, 4) is 22.6 Å². The molecule has 0 fully saturated rings. The Morgan fingerprint density at radius 1 is 0.737 bits per heavy atom. The largest absolute Gasteiger partial charge is 0.481 e. The second-order valence-corrected chi connectivity index (χ2v) is 9.43. The Labute approximate surface area is 221 Å². The molecule has 4 aromatic carbocycles. The van der Waals surface area contributed by atoms with Crippen LogP contribution in [0.3, 0.4) is 0 Å². The molecule has 0 aliphatic heterocycles. The number of benzene rings is 4. The standard InChI is InChI=1S/C31H28N2O5/c1-31(2,29(35)36)20-27(34)23-14-12-21(13-15-23)22-16-18-24(19-17-22)32-30(37)33-26-10-6-7-11-28(26)38-25-8-4-3-5-9-25/h3-19H,20H2,1-2H3,(H,35,36)(H2,32,33,37). The van der Waals surface area contributed by atoms with Crippen LogP contribution in [0.4, 0.5) is 16.2 Å². The Morgan fingerprint density at radius 3 is 1.95 bits per heavy atom. The first-order chi connectivity index (χ1) is 18.2. The maximum Gasteiger partial charge on any atom is 0.323 e. The van der Waals surface area contributed by atoms with Gasteiger partial charge in [-0.05, 0) is 61.4 Å². The zero-order valence-electron chi connectivity index (χ0n) is 21.1. The van der Waals surface area contributed by atoms with Gasteiger partial charge < -0.3 is 20.5 Å².